The lowest BCUT2D eigenvalue weighted by atomic mass is 9.72. The van der Waals surface area contributed by atoms with Crippen LogP contribution in [0.4, 0.5) is 0 Å². The Morgan fingerprint density at radius 1 is 1.20 bits per heavy atom. The number of fused-ring (bicyclic) bond motifs is 1. The van der Waals surface area contributed by atoms with Gasteiger partial charge >= 0.3 is 5.97 Å². The Balaban J connectivity index is 1.62. The van der Waals surface area contributed by atoms with Gasteiger partial charge < -0.3 is 59.3 Å². The number of furan rings is 1. The first-order valence-corrected chi connectivity index (χ1v) is 14.9. The molecule has 3 heterocycles. The molecule has 14 heteroatoms. The van der Waals surface area contributed by atoms with E-state index in [1.165, 1.54) is 7.11 Å². The van der Waals surface area contributed by atoms with Gasteiger partial charge in [-0.2, -0.15) is 0 Å². The number of ether oxygens (including phenoxy) is 4. The van der Waals surface area contributed by atoms with Crippen LogP contribution in [0, 0.1) is 5.41 Å². The molecule has 14 nitrogen and oxygen atoms in total. The molecule has 7 N–H and O–H groups in total. The summed E-state index contributed by atoms with van der Waals surface area (Å²) in [6.07, 6.45) is -5.38. The van der Waals surface area contributed by atoms with E-state index in [-0.39, 0.29) is 48.4 Å². The number of aliphatic hydroxyl groups excluding tert-OH is 4. The van der Waals surface area contributed by atoms with E-state index in [1.54, 1.807) is 19.3 Å². The van der Waals surface area contributed by atoms with Crippen LogP contribution in [0.25, 0.3) is 11.0 Å². The number of hydrogen-bond acceptors (Lipinski definition) is 13. The third-order valence-corrected chi connectivity index (χ3v) is 9.34. The fourth-order valence-corrected chi connectivity index (χ4v) is 7.03. The number of hydrogen-bond donors (Lipinski definition) is 7. The van der Waals surface area contributed by atoms with Gasteiger partial charge in [-0.15, -0.1) is 0 Å². The zero-order chi connectivity index (χ0) is 31.8. The van der Waals surface area contributed by atoms with Crippen LogP contribution in [-0.2, 0) is 25.5 Å². The van der Waals surface area contributed by atoms with Crippen LogP contribution < -0.4 is 14.8 Å². The number of esters is 1. The van der Waals surface area contributed by atoms with Crippen LogP contribution in [0.2, 0.25) is 0 Å². The zero-order valence-corrected chi connectivity index (χ0v) is 24.7. The minimum Gasteiger partial charge on any atom is -0.490 e. The van der Waals surface area contributed by atoms with Gasteiger partial charge in [0, 0.05) is 42.9 Å². The molecular weight excluding hydrogens is 582 g/mol. The lowest BCUT2D eigenvalue weighted by Crippen LogP contribution is -2.69. The van der Waals surface area contributed by atoms with Crippen molar-refractivity contribution in [3.05, 3.63) is 23.5 Å². The number of aliphatic hydroxyl groups is 6. The summed E-state index contributed by atoms with van der Waals surface area (Å²) in [5.74, 6) is -0.622. The fourth-order valence-electron chi connectivity index (χ4n) is 7.03. The average molecular weight is 624 g/mol. The number of aryl methyl sites for hydroxylation is 1. The molecule has 1 aromatic heterocycles. The van der Waals surface area contributed by atoms with Crippen molar-refractivity contribution >= 4 is 22.8 Å². The maximum Gasteiger partial charge on any atom is 0.306 e. The molecule has 2 aliphatic heterocycles. The summed E-state index contributed by atoms with van der Waals surface area (Å²) >= 11 is 0. The summed E-state index contributed by atoms with van der Waals surface area (Å²) < 4.78 is 28.6. The lowest BCUT2D eigenvalue weighted by Gasteiger charge is -2.48. The molecule has 2 saturated heterocycles. The predicted molar refractivity (Wildman–Crippen MR) is 151 cm³/mol. The molecule has 3 aliphatic rings. The van der Waals surface area contributed by atoms with E-state index in [4.69, 9.17) is 23.4 Å². The Morgan fingerprint density at radius 3 is 2.57 bits per heavy atom. The van der Waals surface area contributed by atoms with E-state index >= 15 is 0 Å². The lowest BCUT2D eigenvalue weighted by molar-refractivity contribution is -0.346. The van der Waals surface area contributed by atoms with Crippen LogP contribution in [-0.4, -0.2) is 106 Å². The summed E-state index contributed by atoms with van der Waals surface area (Å²) in [6, 6.07) is 1.74. The van der Waals surface area contributed by atoms with E-state index in [9.17, 15) is 40.2 Å². The number of amides is 1. The van der Waals surface area contributed by atoms with Gasteiger partial charge in [-0.1, -0.05) is 12.8 Å². The topological polar surface area (TPSA) is 218 Å². The van der Waals surface area contributed by atoms with Crippen LogP contribution in [0.15, 0.2) is 16.7 Å². The highest BCUT2D eigenvalue weighted by Crippen LogP contribution is 2.54. The van der Waals surface area contributed by atoms with Crippen LogP contribution in [0.1, 0.15) is 62.5 Å². The van der Waals surface area contributed by atoms with Gasteiger partial charge in [-0.25, -0.2) is 0 Å². The maximum absolute atomic E-state index is 13.0. The summed E-state index contributed by atoms with van der Waals surface area (Å²) in [6.45, 7) is 1.65. The van der Waals surface area contributed by atoms with E-state index in [1.807, 2.05) is 0 Å². The van der Waals surface area contributed by atoms with Gasteiger partial charge in [0.25, 0.3) is 0 Å². The number of methoxy groups -OCH3 is 1. The summed E-state index contributed by atoms with van der Waals surface area (Å²) in [7, 11) is 1.36. The van der Waals surface area contributed by atoms with Crippen LogP contribution in [0.5, 0.6) is 11.5 Å². The molecule has 5 rings (SSSR count). The number of nitrogens with one attached hydrogen (secondary N) is 1. The first-order valence-electron chi connectivity index (χ1n) is 14.9. The Bertz CT molecular complexity index is 1350. The normalized spacial score (nSPS) is 29.8. The zero-order valence-electron chi connectivity index (χ0n) is 24.7. The van der Waals surface area contributed by atoms with E-state index < -0.39 is 60.9 Å². The molecule has 0 bridgehead atoms. The molecule has 1 aromatic carbocycles. The Kier molecular flexibility index (Phi) is 9.42. The Hall–Kier alpha value is -2.98. The fraction of sp³-hybridized carbons (Fsp3) is 0.667. The van der Waals surface area contributed by atoms with E-state index in [0.29, 0.717) is 17.5 Å². The van der Waals surface area contributed by atoms with Gasteiger partial charge in [-0.3, -0.25) is 9.59 Å². The smallest absolute Gasteiger partial charge is 0.306 e. The molecule has 1 aliphatic carbocycles. The Morgan fingerprint density at radius 2 is 1.93 bits per heavy atom. The Labute approximate surface area is 253 Å². The quantitative estimate of drug-likeness (QED) is 0.129. The highest BCUT2D eigenvalue weighted by Gasteiger charge is 2.58. The van der Waals surface area contributed by atoms with Gasteiger partial charge in [0.2, 0.25) is 17.9 Å². The molecule has 1 spiro atoms. The molecule has 6 atom stereocenters. The highest BCUT2D eigenvalue weighted by molar-refractivity contribution is 5.93. The van der Waals surface area contributed by atoms with Crippen molar-refractivity contribution in [1.29, 1.82) is 0 Å². The van der Waals surface area contributed by atoms with Gasteiger partial charge in [-0.05, 0) is 37.8 Å². The number of carbonyl (C=O) groups is 2. The van der Waals surface area contributed by atoms with E-state index in [2.05, 4.69) is 5.32 Å². The van der Waals surface area contributed by atoms with Crippen molar-refractivity contribution in [3.8, 4) is 11.5 Å². The minimum atomic E-state index is -2.41. The average Bonchev–Trinajstić information content (AvgIpc) is 3.72. The maximum atomic E-state index is 13.0. The molecule has 44 heavy (non-hydrogen) atoms. The second-order valence-electron chi connectivity index (χ2n) is 11.8. The van der Waals surface area contributed by atoms with Crippen molar-refractivity contribution in [2.45, 2.75) is 94.3 Å². The SMILES string of the molecule is CCOC(=O)CCc1cc2c(C3CNC(=O)C34CCCC4)coc2c(OC)c1OC1OC(C(O)O)C(O)C(O)C1(O)CCO. The highest BCUT2D eigenvalue weighted by atomic mass is 16.7. The van der Waals surface area contributed by atoms with Crippen LogP contribution in [0.3, 0.4) is 0 Å². The third-order valence-electron chi connectivity index (χ3n) is 9.34. The molecule has 1 saturated carbocycles. The molecule has 1 amide bonds. The van der Waals surface area contributed by atoms with Crippen molar-refractivity contribution in [1.82, 2.24) is 5.32 Å². The second kappa shape index (κ2) is 12.8. The van der Waals surface area contributed by atoms with Crippen molar-refractivity contribution in [2.75, 3.05) is 26.9 Å². The molecule has 2 aromatic rings. The largest absolute Gasteiger partial charge is 0.490 e. The molecular formula is C30H41NO13. The summed E-state index contributed by atoms with van der Waals surface area (Å²) in [4.78, 5) is 25.4. The predicted octanol–water partition coefficient (Wildman–Crippen LogP) is -0.0394. The van der Waals surface area contributed by atoms with Gasteiger partial charge in [0.15, 0.2) is 23.2 Å². The second-order valence-corrected chi connectivity index (χ2v) is 11.8. The van der Waals surface area contributed by atoms with Crippen molar-refractivity contribution in [2.24, 2.45) is 5.41 Å². The summed E-state index contributed by atoms with van der Waals surface area (Å²) in [5, 5.41) is 65.6. The van der Waals surface area contributed by atoms with Crippen molar-refractivity contribution < 1.29 is 63.6 Å². The van der Waals surface area contributed by atoms with Crippen molar-refractivity contribution in [3.63, 3.8) is 0 Å². The number of benzene rings is 1. The first kappa shape index (κ1) is 32.4. The monoisotopic (exact) mass is 623 g/mol. The molecule has 6 unspecified atom stereocenters. The van der Waals surface area contributed by atoms with Gasteiger partial charge in [0.1, 0.15) is 18.3 Å². The third kappa shape index (κ3) is 5.42. The molecule has 3 fully saturated rings. The van der Waals surface area contributed by atoms with E-state index in [0.717, 1.165) is 31.2 Å². The minimum absolute atomic E-state index is 0.0165. The number of rotatable bonds is 11. The summed E-state index contributed by atoms with van der Waals surface area (Å²) in [5.41, 5.74) is -1.52. The van der Waals surface area contributed by atoms with Gasteiger partial charge in [0.05, 0.1) is 25.4 Å². The molecule has 244 valence electrons. The van der Waals surface area contributed by atoms with Crippen LogP contribution >= 0.6 is 0 Å². The number of carbonyl (C=O) groups excluding carboxylic acids is 2. The first-order chi connectivity index (χ1) is 21.0. The standard InChI is InChI=1S/C30H41NO13/c1-3-41-19(33)7-6-15-12-16-17(18-13-31-27(38)29(18)8-4-5-9-29)14-42-22(16)24(40-2)21(15)43-28-30(39,10-11-32)25(35)20(34)23(44-28)26(36)37/h12,14,18,20,23,25-26,28,32,34-37,39H,3-11,13H2,1-2H3,(H,31,38). The molecule has 0 radical (unpaired) electrons.